The topological polar surface area (TPSA) is 61.8 Å². The lowest BCUT2D eigenvalue weighted by molar-refractivity contribution is -0.169. The minimum atomic E-state index is -0.777. The fraction of sp³-hybridized carbons (Fsp3) is 0.833. The van der Waals surface area contributed by atoms with E-state index in [0.29, 0.717) is 0 Å². The van der Waals surface area contributed by atoms with E-state index in [1.807, 2.05) is 13.8 Å². The predicted octanol–water partition coefficient (Wildman–Crippen LogP) is 0.126. The third-order valence-corrected chi connectivity index (χ3v) is 5.91. The van der Waals surface area contributed by atoms with E-state index >= 15 is 0 Å². The van der Waals surface area contributed by atoms with Crippen LogP contribution in [0.4, 0.5) is 0 Å². The molecule has 5 rings (SSSR count). The van der Waals surface area contributed by atoms with Crippen molar-refractivity contribution >= 4 is 11.9 Å². The molecule has 0 aromatic carbocycles. The Morgan fingerprint density at radius 2 is 1.29 bits per heavy atom. The van der Waals surface area contributed by atoms with E-state index in [9.17, 15) is 9.59 Å². The molecule has 5 aliphatic rings. The van der Waals surface area contributed by atoms with Gasteiger partial charge in [-0.1, -0.05) is 0 Å². The molecule has 2 heterocycles. The number of hydrogen-bond donors (Lipinski definition) is 0. The lowest BCUT2D eigenvalue weighted by atomic mass is 9.71. The maximum absolute atomic E-state index is 12.1. The molecule has 0 spiro atoms. The number of esters is 2. The van der Waals surface area contributed by atoms with E-state index in [0.717, 1.165) is 0 Å². The molecule has 2 saturated heterocycles. The lowest BCUT2D eigenvalue weighted by Crippen LogP contribution is -2.46. The summed E-state index contributed by atoms with van der Waals surface area (Å²) in [7, 11) is 2.71. The van der Waals surface area contributed by atoms with Crippen molar-refractivity contribution in [3.63, 3.8) is 0 Å². The number of rotatable bonds is 2. The Hall–Kier alpha value is -1.10. The van der Waals surface area contributed by atoms with Gasteiger partial charge in [0.15, 0.2) is 0 Å². The summed E-state index contributed by atoms with van der Waals surface area (Å²) in [5, 5.41) is 0. The summed E-state index contributed by atoms with van der Waals surface area (Å²) >= 11 is 0. The number of methoxy groups -OCH3 is 2. The first-order chi connectivity index (χ1) is 7.91. The molecule has 3 saturated carbocycles. The molecule has 92 valence electrons. The molecule has 17 heavy (non-hydrogen) atoms. The van der Waals surface area contributed by atoms with Gasteiger partial charge in [-0.15, -0.1) is 0 Å². The molecule has 4 unspecified atom stereocenters. The van der Waals surface area contributed by atoms with Crippen LogP contribution in [0, 0.1) is 22.7 Å². The maximum atomic E-state index is 12.1. The number of carbonyl (C=O) groups is 2. The second-order valence-electron chi connectivity index (χ2n) is 5.87. The molecule has 2 aliphatic heterocycles. The first-order valence-electron chi connectivity index (χ1n) is 5.78. The van der Waals surface area contributed by atoms with Gasteiger partial charge in [0.05, 0.1) is 25.4 Å². The average molecular weight is 238 g/mol. The van der Waals surface area contributed by atoms with Gasteiger partial charge in [-0.3, -0.25) is 9.59 Å². The Morgan fingerprint density at radius 3 is 1.53 bits per heavy atom. The molecule has 0 radical (unpaired) electrons. The zero-order valence-electron chi connectivity index (χ0n) is 10.2. The van der Waals surface area contributed by atoms with Gasteiger partial charge in [0.1, 0.15) is 10.8 Å². The molecule has 3 aliphatic carbocycles. The third-order valence-electron chi connectivity index (χ3n) is 5.91. The van der Waals surface area contributed by atoms with Crippen LogP contribution < -0.4 is 0 Å². The number of hydrogen-bond acceptors (Lipinski definition) is 5. The van der Waals surface area contributed by atoms with Gasteiger partial charge in [0.2, 0.25) is 0 Å². The van der Waals surface area contributed by atoms with Gasteiger partial charge in [0, 0.05) is 11.8 Å². The van der Waals surface area contributed by atoms with Crippen molar-refractivity contribution in [2.45, 2.75) is 25.0 Å². The summed E-state index contributed by atoms with van der Waals surface area (Å²) in [6.07, 6.45) is 0. The van der Waals surface area contributed by atoms with Crippen LogP contribution in [0.15, 0.2) is 0 Å². The number of carbonyl (C=O) groups excluding carboxylic acids is 2. The van der Waals surface area contributed by atoms with Crippen molar-refractivity contribution in [3.05, 3.63) is 0 Å². The minimum absolute atomic E-state index is 0.131. The normalized spacial score (nSPS) is 63.3. The lowest BCUT2D eigenvalue weighted by Gasteiger charge is -2.29. The average Bonchev–Trinajstić information content (AvgIpc) is 2.79. The van der Waals surface area contributed by atoms with Crippen molar-refractivity contribution in [2.24, 2.45) is 22.7 Å². The monoisotopic (exact) mass is 238 g/mol. The SMILES string of the molecule is COC(=O)C12C3C4C1(C(=O)OC)[C@]4(C)O[C@@]32C. The van der Waals surface area contributed by atoms with E-state index in [1.54, 1.807) is 0 Å². The molecule has 0 amide bonds. The highest BCUT2D eigenvalue weighted by Gasteiger charge is 3.20. The number of ether oxygens (including phenoxy) is 3. The summed E-state index contributed by atoms with van der Waals surface area (Å²) in [5.41, 5.74) is -2.59. The highest BCUT2D eigenvalue weighted by atomic mass is 16.6. The first kappa shape index (κ1) is 9.88. The second-order valence-corrected chi connectivity index (χ2v) is 5.87. The van der Waals surface area contributed by atoms with Crippen LogP contribution in [0.2, 0.25) is 0 Å². The predicted molar refractivity (Wildman–Crippen MR) is 53.8 cm³/mol. The molecular formula is C12H14O5. The zero-order valence-corrected chi connectivity index (χ0v) is 10.2. The Morgan fingerprint density at radius 1 is 0.941 bits per heavy atom. The Labute approximate surface area is 98.4 Å². The molecular weight excluding hydrogens is 224 g/mol. The molecule has 5 heteroatoms. The highest BCUT2D eigenvalue weighted by Crippen LogP contribution is 3.07. The molecule has 6 atom stereocenters. The van der Waals surface area contributed by atoms with Crippen LogP contribution in [-0.4, -0.2) is 37.4 Å². The van der Waals surface area contributed by atoms with E-state index in [2.05, 4.69) is 0 Å². The quantitative estimate of drug-likeness (QED) is 0.640. The molecule has 0 N–H and O–H groups in total. The standard InChI is InChI=1S/C12H14O5/c1-9-5-6-10(2,17-9)12(6,8(14)16-4)11(5,9)7(13)15-3/h5-6H,1-4H3/t5?,6?,9-,10+,11?,12?. The molecule has 0 aromatic rings. The van der Waals surface area contributed by atoms with Gasteiger partial charge < -0.3 is 14.2 Å². The Kier molecular flexibility index (Phi) is 1.17. The van der Waals surface area contributed by atoms with Crippen LogP contribution >= 0.6 is 0 Å². The summed E-state index contributed by atoms with van der Waals surface area (Å²) in [4.78, 5) is 24.2. The highest BCUT2D eigenvalue weighted by molar-refractivity contribution is 6.04. The Balaban J connectivity index is 1.90. The summed E-state index contributed by atoms with van der Waals surface area (Å²) < 4.78 is 15.8. The van der Waals surface area contributed by atoms with Gasteiger partial charge in [-0.2, -0.15) is 0 Å². The van der Waals surface area contributed by atoms with E-state index < -0.39 is 22.0 Å². The van der Waals surface area contributed by atoms with E-state index in [4.69, 9.17) is 14.2 Å². The van der Waals surface area contributed by atoms with Crippen LogP contribution in [0.3, 0.4) is 0 Å². The van der Waals surface area contributed by atoms with Crippen molar-refractivity contribution in [1.82, 2.24) is 0 Å². The van der Waals surface area contributed by atoms with Crippen molar-refractivity contribution in [1.29, 1.82) is 0 Å². The van der Waals surface area contributed by atoms with Crippen LogP contribution in [0.1, 0.15) is 13.8 Å². The molecule has 0 aromatic heterocycles. The minimum Gasteiger partial charge on any atom is -0.468 e. The summed E-state index contributed by atoms with van der Waals surface area (Å²) in [6, 6.07) is 0. The Bertz CT molecular complexity index is 457. The second kappa shape index (κ2) is 2.00. The van der Waals surface area contributed by atoms with Crippen molar-refractivity contribution in [2.75, 3.05) is 14.2 Å². The third kappa shape index (κ3) is 0.480. The van der Waals surface area contributed by atoms with Crippen molar-refractivity contribution < 1.29 is 23.8 Å². The van der Waals surface area contributed by atoms with Crippen LogP contribution in [0.25, 0.3) is 0 Å². The van der Waals surface area contributed by atoms with Gasteiger partial charge >= 0.3 is 11.9 Å². The molecule has 5 nitrogen and oxygen atoms in total. The van der Waals surface area contributed by atoms with Gasteiger partial charge in [-0.05, 0) is 13.8 Å². The zero-order chi connectivity index (χ0) is 12.4. The van der Waals surface area contributed by atoms with Gasteiger partial charge in [0.25, 0.3) is 0 Å². The fourth-order valence-electron chi connectivity index (χ4n) is 5.60. The smallest absolute Gasteiger partial charge is 0.316 e. The van der Waals surface area contributed by atoms with Crippen LogP contribution in [0.5, 0.6) is 0 Å². The molecule has 5 fully saturated rings. The van der Waals surface area contributed by atoms with Crippen molar-refractivity contribution in [3.8, 4) is 0 Å². The van der Waals surface area contributed by atoms with Gasteiger partial charge in [-0.25, -0.2) is 0 Å². The molecule has 2 bridgehead atoms. The first-order valence-corrected chi connectivity index (χ1v) is 5.78. The summed E-state index contributed by atoms with van der Waals surface area (Å²) in [5.74, 6) is -0.390. The summed E-state index contributed by atoms with van der Waals surface area (Å²) in [6.45, 7) is 3.81. The largest absolute Gasteiger partial charge is 0.468 e. The maximum Gasteiger partial charge on any atom is 0.316 e. The fourth-order valence-corrected chi connectivity index (χ4v) is 5.60. The van der Waals surface area contributed by atoms with Crippen LogP contribution in [-0.2, 0) is 23.8 Å². The van der Waals surface area contributed by atoms with E-state index in [1.165, 1.54) is 14.2 Å². The van der Waals surface area contributed by atoms with E-state index in [-0.39, 0.29) is 23.8 Å².